The predicted octanol–water partition coefficient (Wildman–Crippen LogP) is 6.13. The molecule has 0 amide bonds. The number of thioether (sulfide) groups is 1. The van der Waals surface area contributed by atoms with Crippen molar-refractivity contribution < 1.29 is 14.3 Å². The molecule has 4 rings (SSSR count). The summed E-state index contributed by atoms with van der Waals surface area (Å²) in [5.41, 5.74) is 4.26. The highest BCUT2D eigenvalue weighted by molar-refractivity contribution is 7.99. The maximum atomic E-state index is 13.8. The molecule has 1 aliphatic heterocycles. The molecular formula is C27H22O3S. The Bertz CT molecular complexity index is 1150. The normalized spacial score (nSPS) is 19.6. The van der Waals surface area contributed by atoms with Gasteiger partial charge in [-0.15, -0.1) is 17.5 Å². The van der Waals surface area contributed by atoms with Crippen LogP contribution in [0.25, 0.3) is 6.08 Å². The van der Waals surface area contributed by atoms with Gasteiger partial charge in [0.25, 0.3) is 0 Å². The largest absolute Gasteiger partial charge is 0.468 e. The monoisotopic (exact) mass is 426 g/mol. The van der Waals surface area contributed by atoms with E-state index in [0.717, 1.165) is 16.0 Å². The van der Waals surface area contributed by atoms with Crippen molar-refractivity contribution in [3.05, 3.63) is 113 Å². The highest BCUT2D eigenvalue weighted by Gasteiger charge is 2.56. The van der Waals surface area contributed by atoms with E-state index in [2.05, 4.69) is 5.73 Å². The second kappa shape index (κ2) is 9.22. The molecule has 3 aromatic rings. The van der Waals surface area contributed by atoms with Gasteiger partial charge in [0.2, 0.25) is 0 Å². The van der Waals surface area contributed by atoms with Gasteiger partial charge in [0.1, 0.15) is 0 Å². The molecular weight excluding hydrogens is 404 g/mol. The minimum absolute atomic E-state index is 0.197. The number of hydrogen-bond acceptors (Lipinski definition) is 4. The summed E-state index contributed by atoms with van der Waals surface area (Å²) in [5, 5.41) is -0.404. The number of methoxy groups -OCH3 is 1. The zero-order valence-electron chi connectivity index (χ0n) is 17.2. The summed E-state index contributed by atoms with van der Waals surface area (Å²) in [6.45, 7) is 0. The molecule has 0 saturated heterocycles. The van der Waals surface area contributed by atoms with Crippen molar-refractivity contribution in [2.24, 2.45) is 5.41 Å². The highest BCUT2D eigenvalue weighted by atomic mass is 32.2. The van der Waals surface area contributed by atoms with E-state index in [1.54, 1.807) is 12.1 Å². The van der Waals surface area contributed by atoms with Crippen LogP contribution in [-0.2, 0) is 9.53 Å². The third-order valence-electron chi connectivity index (χ3n) is 5.47. The van der Waals surface area contributed by atoms with Crippen LogP contribution >= 0.6 is 11.8 Å². The van der Waals surface area contributed by atoms with Gasteiger partial charge in [0.15, 0.2) is 11.2 Å². The van der Waals surface area contributed by atoms with Crippen LogP contribution in [0.1, 0.15) is 33.2 Å². The number of Topliss-reactive ketones (excluding diaryl/α,β-unsaturated/α-hetero) is 1. The Labute approximate surface area is 186 Å². The molecule has 4 heteroatoms. The Balaban J connectivity index is 1.82. The summed E-state index contributed by atoms with van der Waals surface area (Å²) in [6.07, 6.45) is 3.81. The molecule has 0 bridgehead atoms. The van der Waals surface area contributed by atoms with Gasteiger partial charge in [-0.1, -0.05) is 78.9 Å². The molecule has 2 atom stereocenters. The summed E-state index contributed by atoms with van der Waals surface area (Å²) in [5.74, 6) is -0.730. The standard InChI is InChI=1S/C27H22O3S/c1-30-26(29)27(19-11-10-14-20-12-4-2-5-13-20)24(28)22-17-8-9-18-23(22)31-25(27)21-15-6-3-7-16-21/h2-9,11-18,25H,19H2,1H3. The number of carbonyl (C=O) groups excluding carboxylic acids is 2. The number of carbonyl (C=O) groups is 2. The van der Waals surface area contributed by atoms with E-state index in [1.807, 2.05) is 84.9 Å². The van der Waals surface area contributed by atoms with Crippen LogP contribution in [0, 0.1) is 5.41 Å². The first-order chi connectivity index (χ1) is 15.2. The van der Waals surface area contributed by atoms with E-state index in [1.165, 1.54) is 18.9 Å². The van der Waals surface area contributed by atoms with Crippen LogP contribution in [0.15, 0.2) is 102 Å². The smallest absolute Gasteiger partial charge is 0.321 e. The van der Waals surface area contributed by atoms with Gasteiger partial charge < -0.3 is 4.74 Å². The minimum atomic E-state index is -1.37. The second-order valence-electron chi connectivity index (χ2n) is 7.33. The van der Waals surface area contributed by atoms with Gasteiger partial charge in [0.05, 0.1) is 12.4 Å². The zero-order chi connectivity index (χ0) is 21.7. The molecule has 0 aromatic heterocycles. The Morgan fingerprint density at radius 2 is 1.65 bits per heavy atom. The number of ether oxygens (including phenoxy) is 1. The lowest BCUT2D eigenvalue weighted by atomic mass is 9.72. The maximum Gasteiger partial charge on any atom is 0.321 e. The Hall–Kier alpha value is -3.33. The van der Waals surface area contributed by atoms with Crippen molar-refractivity contribution >= 4 is 29.6 Å². The summed E-state index contributed by atoms with van der Waals surface area (Å²) in [7, 11) is 1.34. The average molecular weight is 427 g/mol. The first-order valence-corrected chi connectivity index (χ1v) is 10.9. The van der Waals surface area contributed by atoms with Crippen molar-refractivity contribution in [3.63, 3.8) is 0 Å². The molecule has 31 heavy (non-hydrogen) atoms. The topological polar surface area (TPSA) is 43.4 Å². The van der Waals surface area contributed by atoms with Gasteiger partial charge in [-0.2, -0.15) is 0 Å². The molecule has 1 aliphatic rings. The quantitative estimate of drug-likeness (QED) is 0.279. The first-order valence-electron chi connectivity index (χ1n) is 10.1. The summed E-state index contributed by atoms with van der Waals surface area (Å²) in [6, 6.07) is 26.9. The molecule has 3 nitrogen and oxygen atoms in total. The second-order valence-corrected chi connectivity index (χ2v) is 8.47. The van der Waals surface area contributed by atoms with E-state index in [0.29, 0.717) is 5.56 Å². The van der Waals surface area contributed by atoms with E-state index in [9.17, 15) is 9.59 Å². The third-order valence-corrected chi connectivity index (χ3v) is 6.99. The highest BCUT2D eigenvalue weighted by Crippen LogP contribution is 2.56. The van der Waals surface area contributed by atoms with Gasteiger partial charge in [-0.25, -0.2) is 0 Å². The van der Waals surface area contributed by atoms with E-state index in [4.69, 9.17) is 4.74 Å². The lowest BCUT2D eigenvalue weighted by molar-refractivity contribution is -0.149. The third kappa shape index (κ3) is 4.00. The van der Waals surface area contributed by atoms with Crippen LogP contribution in [0.4, 0.5) is 0 Å². The van der Waals surface area contributed by atoms with Crippen molar-refractivity contribution in [2.45, 2.75) is 16.6 Å². The maximum absolute atomic E-state index is 13.8. The predicted molar refractivity (Wildman–Crippen MR) is 124 cm³/mol. The van der Waals surface area contributed by atoms with Gasteiger partial charge in [-0.3, -0.25) is 9.59 Å². The molecule has 0 saturated carbocycles. The summed E-state index contributed by atoms with van der Waals surface area (Å²) >= 11 is 1.54. The summed E-state index contributed by atoms with van der Waals surface area (Å²) in [4.78, 5) is 27.9. The molecule has 0 aliphatic carbocycles. The van der Waals surface area contributed by atoms with Crippen molar-refractivity contribution in [1.82, 2.24) is 0 Å². The fourth-order valence-electron chi connectivity index (χ4n) is 3.91. The van der Waals surface area contributed by atoms with Crippen molar-refractivity contribution in [3.8, 4) is 0 Å². The molecule has 0 radical (unpaired) electrons. The van der Waals surface area contributed by atoms with E-state index in [-0.39, 0.29) is 12.2 Å². The Morgan fingerprint density at radius 3 is 2.35 bits per heavy atom. The van der Waals surface area contributed by atoms with Gasteiger partial charge in [-0.05, 0) is 35.8 Å². The van der Waals surface area contributed by atoms with Crippen LogP contribution in [-0.4, -0.2) is 18.9 Å². The molecule has 154 valence electrons. The zero-order valence-corrected chi connectivity index (χ0v) is 18.0. The fourth-order valence-corrected chi connectivity index (χ4v) is 5.41. The van der Waals surface area contributed by atoms with Crippen molar-refractivity contribution in [2.75, 3.05) is 7.11 Å². The molecule has 0 fully saturated rings. The average Bonchev–Trinajstić information content (AvgIpc) is 2.83. The van der Waals surface area contributed by atoms with E-state index >= 15 is 0 Å². The van der Waals surface area contributed by atoms with Crippen LogP contribution in [0.5, 0.6) is 0 Å². The fraction of sp³-hybridized carbons (Fsp3) is 0.148. The number of benzene rings is 3. The lowest BCUT2D eigenvalue weighted by Gasteiger charge is -2.40. The lowest BCUT2D eigenvalue weighted by Crippen LogP contribution is -2.46. The summed E-state index contributed by atoms with van der Waals surface area (Å²) < 4.78 is 5.21. The number of ketones is 1. The van der Waals surface area contributed by atoms with Crippen LogP contribution in [0.3, 0.4) is 0 Å². The van der Waals surface area contributed by atoms with Gasteiger partial charge >= 0.3 is 5.97 Å². The van der Waals surface area contributed by atoms with Crippen LogP contribution < -0.4 is 0 Å². The number of hydrogen-bond donors (Lipinski definition) is 0. The molecule has 0 spiro atoms. The van der Waals surface area contributed by atoms with Gasteiger partial charge in [0, 0.05) is 10.5 Å². The molecule has 0 N–H and O–H groups in total. The molecule has 2 unspecified atom stereocenters. The number of rotatable bonds is 5. The minimum Gasteiger partial charge on any atom is -0.468 e. The van der Waals surface area contributed by atoms with Crippen LogP contribution in [0.2, 0.25) is 0 Å². The SMILES string of the molecule is COC(=O)C1(CC=C=Cc2ccccc2)C(=O)c2ccccc2SC1c1ccccc1. The molecule has 1 heterocycles. The number of allylic oxidation sites excluding steroid dienone is 1. The Kier molecular flexibility index (Phi) is 6.22. The van der Waals surface area contributed by atoms with Crippen molar-refractivity contribution in [1.29, 1.82) is 0 Å². The number of esters is 1. The van der Waals surface area contributed by atoms with E-state index < -0.39 is 16.6 Å². The molecule has 3 aromatic carbocycles. The number of fused-ring (bicyclic) bond motifs is 1. The Morgan fingerprint density at radius 1 is 1.00 bits per heavy atom. The first kappa shape index (κ1) is 20.9.